The van der Waals surface area contributed by atoms with E-state index in [0.29, 0.717) is 19.3 Å². The normalized spacial score (nSPS) is 12.5. The molecule has 0 aromatic rings. The fourth-order valence-electron chi connectivity index (χ4n) is 7.15. The second-order valence-electron chi connectivity index (χ2n) is 17.1. The van der Waals surface area contributed by atoms with Crippen molar-refractivity contribution in [3.8, 4) is 0 Å². The van der Waals surface area contributed by atoms with Crippen molar-refractivity contribution in [2.75, 3.05) is 13.2 Å². The van der Waals surface area contributed by atoms with Crippen molar-refractivity contribution < 1.29 is 28.6 Å². The second-order valence-corrected chi connectivity index (χ2v) is 17.1. The van der Waals surface area contributed by atoms with Gasteiger partial charge in [0, 0.05) is 19.3 Å². The third-order valence-corrected chi connectivity index (χ3v) is 11.0. The highest BCUT2D eigenvalue weighted by Gasteiger charge is 2.19. The third kappa shape index (κ3) is 48.0. The molecule has 0 bridgehead atoms. The van der Waals surface area contributed by atoms with Gasteiger partial charge in [0.25, 0.3) is 0 Å². The molecule has 0 N–H and O–H groups in total. The molecule has 0 saturated heterocycles. The summed E-state index contributed by atoms with van der Waals surface area (Å²) in [4.78, 5) is 37.9. The molecule has 6 nitrogen and oxygen atoms in total. The molecule has 352 valence electrons. The van der Waals surface area contributed by atoms with E-state index in [0.717, 1.165) is 96.3 Å². The molecule has 0 heterocycles. The first kappa shape index (κ1) is 58.1. The highest BCUT2D eigenvalue weighted by Crippen LogP contribution is 2.14. The molecule has 1 unspecified atom stereocenters. The largest absolute Gasteiger partial charge is 0.462 e. The number of esters is 3. The van der Waals surface area contributed by atoms with Gasteiger partial charge in [-0.1, -0.05) is 216 Å². The lowest BCUT2D eigenvalue weighted by molar-refractivity contribution is -0.167. The van der Waals surface area contributed by atoms with Crippen LogP contribution in [-0.4, -0.2) is 37.2 Å². The summed E-state index contributed by atoms with van der Waals surface area (Å²) in [6.07, 6.45) is 60.6. The molecule has 0 fully saturated rings. The van der Waals surface area contributed by atoms with Crippen LogP contribution in [0.25, 0.3) is 0 Å². The number of hydrogen-bond acceptors (Lipinski definition) is 6. The van der Waals surface area contributed by atoms with Gasteiger partial charge in [-0.3, -0.25) is 14.4 Å². The van der Waals surface area contributed by atoms with Crippen molar-refractivity contribution in [1.82, 2.24) is 0 Å². The Morgan fingerprint density at radius 1 is 0.361 bits per heavy atom. The van der Waals surface area contributed by atoms with Crippen LogP contribution in [0.2, 0.25) is 0 Å². The minimum atomic E-state index is -0.790. The van der Waals surface area contributed by atoms with Gasteiger partial charge in [0.15, 0.2) is 6.10 Å². The first-order valence-electron chi connectivity index (χ1n) is 25.8. The number of ether oxygens (including phenoxy) is 3. The molecule has 0 aliphatic carbocycles. The Morgan fingerprint density at radius 3 is 1.11 bits per heavy atom. The molecule has 0 aromatic carbocycles. The maximum atomic E-state index is 12.8. The summed E-state index contributed by atoms with van der Waals surface area (Å²) >= 11 is 0. The molecule has 0 rings (SSSR count). The lowest BCUT2D eigenvalue weighted by Crippen LogP contribution is -2.30. The van der Waals surface area contributed by atoms with E-state index in [1.807, 2.05) is 0 Å². The van der Waals surface area contributed by atoms with E-state index in [9.17, 15) is 14.4 Å². The first-order valence-corrected chi connectivity index (χ1v) is 25.8. The zero-order valence-corrected chi connectivity index (χ0v) is 40.2. The van der Waals surface area contributed by atoms with Gasteiger partial charge >= 0.3 is 17.9 Å². The predicted molar refractivity (Wildman–Crippen MR) is 261 cm³/mol. The fourth-order valence-corrected chi connectivity index (χ4v) is 7.15. The molecule has 0 aromatic heterocycles. The molecule has 1 atom stereocenters. The highest BCUT2D eigenvalue weighted by molar-refractivity contribution is 5.71. The summed E-state index contributed by atoms with van der Waals surface area (Å²) in [6.45, 7) is 6.49. The fraction of sp³-hybridized carbons (Fsp3) is 0.764. The standard InChI is InChI=1S/C55H96O6/c1-4-7-10-13-16-19-22-24-26-28-30-33-36-39-42-45-48-54(57)60-51-52(50-59-53(56)47-44-41-38-35-32-21-18-15-12-9-6-3)61-55(58)49-46-43-40-37-34-31-29-27-25-23-20-17-14-11-8-5-2/h7,10,16,19,24,26-27,29,31,34,52H,4-6,8-9,11-15,17-18,20-23,25,28,30,32-33,35-51H2,1-3H3/b10-7-,19-16-,26-24-,29-27-,34-31-. The first-order chi connectivity index (χ1) is 30.0. The smallest absolute Gasteiger partial charge is 0.306 e. The molecule has 0 radical (unpaired) electrons. The number of unbranched alkanes of at least 4 members (excludes halogenated alkanes) is 26. The average Bonchev–Trinajstić information content (AvgIpc) is 3.26. The van der Waals surface area contributed by atoms with Crippen LogP contribution in [0.1, 0.15) is 252 Å². The molecule has 0 spiro atoms. The van der Waals surface area contributed by atoms with Crippen LogP contribution < -0.4 is 0 Å². The van der Waals surface area contributed by atoms with Crippen LogP contribution in [0, 0.1) is 0 Å². The summed E-state index contributed by atoms with van der Waals surface area (Å²) in [5.41, 5.74) is 0. The van der Waals surface area contributed by atoms with Crippen LogP contribution in [0.4, 0.5) is 0 Å². The number of carbonyl (C=O) groups is 3. The van der Waals surface area contributed by atoms with Gasteiger partial charge in [-0.05, 0) is 77.0 Å². The Balaban J connectivity index is 4.42. The summed E-state index contributed by atoms with van der Waals surface area (Å²) < 4.78 is 16.8. The van der Waals surface area contributed by atoms with Gasteiger partial charge < -0.3 is 14.2 Å². The third-order valence-electron chi connectivity index (χ3n) is 11.0. The zero-order valence-electron chi connectivity index (χ0n) is 40.2. The molecular weight excluding hydrogens is 757 g/mol. The topological polar surface area (TPSA) is 78.9 Å². The minimum absolute atomic E-state index is 0.0876. The van der Waals surface area contributed by atoms with E-state index in [1.54, 1.807) is 0 Å². The van der Waals surface area contributed by atoms with Crippen molar-refractivity contribution in [3.63, 3.8) is 0 Å². The molecule has 0 aliphatic rings. The number of carbonyl (C=O) groups excluding carboxylic acids is 3. The van der Waals surface area contributed by atoms with Crippen molar-refractivity contribution in [1.29, 1.82) is 0 Å². The Bertz CT molecular complexity index is 1120. The Morgan fingerprint density at radius 2 is 0.689 bits per heavy atom. The Labute approximate surface area is 377 Å². The maximum absolute atomic E-state index is 12.8. The number of hydrogen-bond donors (Lipinski definition) is 0. The molecule has 0 saturated carbocycles. The SMILES string of the molecule is CC/C=C\C/C=C\C/C=C\CCCCCCCCC(=O)OCC(COC(=O)CCCCCCCCCCCCC)OC(=O)CCCCC/C=C\C=C/CCCCCCCCC. The van der Waals surface area contributed by atoms with Crippen LogP contribution in [-0.2, 0) is 28.6 Å². The molecule has 61 heavy (non-hydrogen) atoms. The Kier molecular flexibility index (Phi) is 47.4. The molecular formula is C55H96O6. The van der Waals surface area contributed by atoms with Gasteiger partial charge in [0.05, 0.1) is 0 Å². The highest BCUT2D eigenvalue weighted by atomic mass is 16.6. The van der Waals surface area contributed by atoms with E-state index in [1.165, 1.54) is 116 Å². The number of rotatable bonds is 46. The quantitative estimate of drug-likeness (QED) is 0.0200. The van der Waals surface area contributed by atoms with Crippen LogP contribution in [0.5, 0.6) is 0 Å². The van der Waals surface area contributed by atoms with Gasteiger partial charge in [0.1, 0.15) is 13.2 Å². The minimum Gasteiger partial charge on any atom is -0.462 e. The van der Waals surface area contributed by atoms with Crippen molar-refractivity contribution in [2.24, 2.45) is 0 Å². The second kappa shape index (κ2) is 49.8. The van der Waals surface area contributed by atoms with Gasteiger partial charge in [-0.15, -0.1) is 0 Å². The van der Waals surface area contributed by atoms with Crippen LogP contribution in [0.15, 0.2) is 60.8 Å². The summed E-state index contributed by atoms with van der Waals surface area (Å²) in [7, 11) is 0. The van der Waals surface area contributed by atoms with Crippen LogP contribution >= 0.6 is 0 Å². The lowest BCUT2D eigenvalue weighted by Gasteiger charge is -2.18. The monoisotopic (exact) mass is 853 g/mol. The molecule has 0 amide bonds. The van der Waals surface area contributed by atoms with Gasteiger partial charge in [-0.2, -0.15) is 0 Å². The summed E-state index contributed by atoms with van der Waals surface area (Å²) in [5, 5.41) is 0. The van der Waals surface area contributed by atoms with Crippen molar-refractivity contribution in [2.45, 2.75) is 258 Å². The van der Waals surface area contributed by atoms with Gasteiger partial charge in [-0.25, -0.2) is 0 Å². The lowest BCUT2D eigenvalue weighted by atomic mass is 10.1. The van der Waals surface area contributed by atoms with E-state index in [2.05, 4.69) is 81.5 Å². The zero-order chi connectivity index (χ0) is 44.4. The van der Waals surface area contributed by atoms with E-state index >= 15 is 0 Å². The van der Waals surface area contributed by atoms with Gasteiger partial charge in [0.2, 0.25) is 0 Å². The maximum Gasteiger partial charge on any atom is 0.306 e. The number of allylic oxidation sites excluding steroid dienone is 10. The molecule has 6 heteroatoms. The summed E-state index contributed by atoms with van der Waals surface area (Å²) in [5.74, 6) is -0.924. The van der Waals surface area contributed by atoms with Crippen molar-refractivity contribution >= 4 is 17.9 Å². The average molecular weight is 853 g/mol. The van der Waals surface area contributed by atoms with E-state index in [-0.39, 0.29) is 31.1 Å². The Hall–Kier alpha value is -2.89. The molecule has 0 aliphatic heterocycles. The summed E-state index contributed by atoms with van der Waals surface area (Å²) in [6, 6.07) is 0. The predicted octanol–water partition coefficient (Wildman–Crippen LogP) is 16.9. The van der Waals surface area contributed by atoms with E-state index in [4.69, 9.17) is 14.2 Å². The van der Waals surface area contributed by atoms with E-state index < -0.39 is 6.10 Å². The van der Waals surface area contributed by atoms with Crippen molar-refractivity contribution in [3.05, 3.63) is 60.8 Å². The van der Waals surface area contributed by atoms with Crippen LogP contribution in [0.3, 0.4) is 0 Å².